The topological polar surface area (TPSA) is 73.9 Å². The van der Waals surface area contributed by atoms with Gasteiger partial charge in [-0.2, -0.15) is 0 Å². The molecule has 0 bridgehead atoms. The van der Waals surface area contributed by atoms with Gasteiger partial charge in [0.1, 0.15) is 13.2 Å². The summed E-state index contributed by atoms with van der Waals surface area (Å²) in [5, 5.41) is 3.43. The Morgan fingerprint density at radius 3 is 1.02 bits per heavy atom. The van der Waals surface area contributed by atoms with Crippen LogP contribution in [-0.2, 0) is 23.8 Å². The van der Waals surface area contributed by atoms with E-state index >= 15 is 0 Å². The van der Waals surface area contributed by atoms with Crippen molar-refractivity contribution in [2.75, 3.05) is 32.9 Å². The first-order valence-electron chi connectivity index (χ1n) is 27.2. The van der Waals surface area contributed by atoms with E-state index in [9.17, 15) is 9.59 Å². The van der Waals surface area contributed by atoms with Crippen molar-refractivity contribution in [1.82, 2.24) is 5.32 Å². The Kier molecular flexibility index (Phi) is 51.2. The van der Waals surface area contributed by atoms with Gasteiger partial charge in [-0.1, -0.05) is 251 Å². The maximum atomic E-state index is 12.1. The molecule has 0 aliphatic carbocycles. The molecule has 1 atom stereocenters. The van der Waals surface area contributed by atoms with Crippen LogP contribution in [0.15, 0.2) is 0 Å². The van der Waals surface area contributed by atoms with E-state index in [4.69, 9.17) is 14.2 Å². The molecule has 0 radical (unpaired) electrons. The summed E-state index contributed by atoms with van der Waals surface area (Å²) in [6.45, 7) is 9.93. The molecule has 6 heteroatoms. The van der Waals surface area contributed by atoms with Gasteiger partial charge in [-0.15, -0.1) is 0 Å². The number of ether oxygens (including phenoxy) is 3. The fraction of sp³-hybridized carbons (Fsp3) is 0.963. The number of unbranched alkanes of at least 4 members (excludes halogenated alkanes) is 37. The Bertz CT molecular complexity index is 837. The Labute approximate surface area is 375 Å². The van der Waals surface area contributed by atoms with Crippen LogP contribution in [0.3, 0.4) is 0 Å². The number of carbonyl (C=O) groups excluding carboxylic acids is 2. The molecule has 60 heavy (non-hydrogen) atoms. The lowest BCUT2D eigenvalue weighted by Gasteiger charge is -2.13. The summed E-state index contributed by atoms with van der Waals surface area (Å²) >= 11 is 0. The van der Waals surface area contributed by atoms with Crippen molar-refractivity contribution in [3.8, 4) is 0 Å². The van der Waals surface area contributed by atoms with Gasteiger partial charge in [-0.05, 0) is 39.2 Å². The van der Waals surface area contributed by atoms with Gasteiger partial charge in [0.05, 0.1) is 12.7 Å². The molecular formula is C54H107NO5. The Balaban J connectivity index is 3.25. The summed E-state index contributed by atoms with van der Waals surface area (Å²) in [5.74, 6) is -0.0835. The predicted octanol–water partition coefficient (Wildman–Crippen LogP) is 16.9. The summed E-state index contributed by atoms with van der Waals surface area (Å²) in [6, 6.07) is 0. The van der Waals surface area contributed by atoms with Crippen molar-refractivity contribution in [2.45, 2.75) is 303 Å². The monoisotopic (exact) mass is 850 g/mol. The van der Waals surface area contributed by atoms with Crippen LogP contribution in [0.25, 0.3) is 0 Å². The van der Waals surface area contributed by atoms with E-state index in [0.29, 0.717) is 32.7 Å². The maximum Gasteiger partial charge on any atom is 0.305 e. The quantitative estimate of drug-likeness (QED) is 0.0485. The normalized spacial score (nSPS) is 12.0. The number of hydrogen-bond acceptors (Lipinski definition) is 6. The fourth-order valence-electron chi connectivity index (χ4n) is 8.37. The van der Waals surface area contributed by atoms with E-state index < -0.39 is 0 Å². The molecule has 0 fully saturated rings. The maximum absolute atomic E-state index is 12.1. The van der Waals surface area contributed by atoms with E-state index in [1.165, 1.54) is 231 Å². The van der Waals surface area contributed by atoms with Crippen LogP contribution in [0.1, 0.15) is 297 Å². The average Bonchev–Trinajstić information content (AvgIpc) is 3.25. The highest BCUT2D eigenvalue weighted by Crippen LogP contribution is 2.17. The van der Waals surface area contributed by atoms with Gasteiger partial charge in [0.15, 0.2) is 0 Å². The SMILES string of the molecule is CCCCCCCCCCCCCCCCCC(=O)OCCOC(C)CCCCCCCCCCCCCCCCCCNCCOC(=O)CCCCCCCCCCC. The molecule has 0 aliphatic heterocycles. The van der Waals surface area contributed by atoms with E-state index in [-0.39, 0.29) is 18.0 Å². The third kappa shape index (κ3) is 51.2. The zero-order chi connectivity index (χ0) is 43.5. The van der Waals surface area contributed by atoms with Gasteiger partial charge >= 0.3 is 11.9 Å². The van der Waals surface area contributed by atoms with Crippen molar-refractivity contribution < 1.29 is 23.8 Å². The van der Waals surface area contributed by atoms with E-state index in [2.05, 4.69) is 26.1 Å². The molecule has 0 heterocycles. The first-order chi connectivity index (χ1) is 29.6. The van der Waals surface area contributed by atoms with E-state index in [1.807, 2.05) is 0 Å². The number of nitrogens with one attached hydrogen (secondary N) is 1. The lowest BCUT2D eigenvalue weighted by Crippen LogP contribution is -2.22. The van der Waals surface area contributed by atoms with Gasteiger partial charge in [0.25, 0.3) is 0 Å². The minimum absolute atomic E-state index is 0.0244. The number of esters is 2. The Morgan fingerprint density at radius 2 is 0.650 bits per heavy atom. The summed E-state index contributed by atoms with van der Waals surface area (Å²) in [6.07, 6.45) is 55.7. The van der Waals surface area contributed by atoms with Crippen molar-refractivity contribution in [3.05, 3.63) is 0 Å². The van der Waals surface area contributed by atoms with Crippen molar-refractivity contribution >= 4 is 11.9 Å². The molecule has 0 saturated carbocycles. The van der Waals surface area contributed by atoms with Crippen LogP contribution in [0.4, 0.5) is 0 Å². The highest BCUT2D eigenvalue weighted by Gasteiger charge is 2.06. The zero-order valence-corrected chi connectivity index (χ0v) is 41.1. The second-order valence-corrected chi connectivity index (χ2v) is 18.6. The summed E-state index contributed by atoms with van der Waals surface area (Å²) in [7, 11) is 0. The van der Waals surface area contributed by atoms with Crippen molar-refractivity contribution in [3.63, 3.8) is 0 Å². The molecule has 0 amide bonds. The second-order valence-electron chi connectivity index (χ2n) is 18.6. The standard InChI is InChI=1S/C54H107NO5/c1-4-6-8-10-12-14-15-16-19-23-26-30-34-38-42-46-54(57)60-51-50-58-52(3)44-40-36-32-29-25-22-20-17-18-21-24-27-31-35-39-43-47-55-48-49-59-53(56)45-41-37-33-28-13-11-9-7-5-2/h52,55H,4-51H2,1-3H3. The number of carbonyl (C=O) groups is 2. The van der Waals surface area contributed by atoms with Crippen molar-refractivity contribution in [2.24, 2.45) is 0 Å². The molecule has 6 nitrogen and oxygen atoms in total. The molecule has 0 aromatic heterocycles. The van der Waals surface area contributed by atoms with E-state index in [1.54, 1.807) is 0 Å². The van der Waals surface area contributed by atoms with Gasteiger partial charge in [0, 0.05) is 19.4 Å². The highest BCUT2D eigenvalue weighted by molar-refractivity contribution is 5.69. The van der Waals surface area contributed by atoms with Crippen LogP contribution >= 0.6 is 0 Å². The smallest absolute Gasteiger partial charge is 0.305 e. The third-order valence-corrected chi connectivity index (χ3v) is 12.5. The molecule has 0 rings (SSSR count). The van der Waals surface area contributed by atoms with Gasteiger partial charge < -0.3 is 19.5 Å². The molecule has 0 aromatic rings. The minimum Gasteiger partial charge on any atom is -0.464 e. The second kappa shape index (κ2) is 52.2. The molecule has 0 saturated heterocycles. The molecule has 358 valence electrons. The molecule has 1 N–H and O–H groups in total. The highest BCUT2D eigenvalue weighted by atomic mass is 16.6. The average molecular weight is 850 g/mol. The lowest BCUT2D eigenvalue weighted by molar-refractivity contribution is -0.146. The van der Waals surface area contributed by atoms with Crippen LogP contribution in [0.2, 0.25) is 0 Å². The Morgan fingerprint density at radius 1 is 0.350 bits per heavy atom. The minimum atomic E-state index is -0.0591. The van der Waals surface area contributed by atoms with E-state index in [0.717, 1.165) is 45.2 Å². The molecular weight excluding hydrogens is 743 g/mol. The van der Waals surface area contributed by atoms with Crippen LogP contribution < -0.4 is 5.32 Å². The summed E-state index contributed by atoms with van der Waals surface area (Å²) in [4.78, 5) is 24.0. The predicted molar refractivity (Wildman–Crippen MR) is 260 cm³/mol. The van der Waals surface area contributed by atoms with Crippen LogP contribution in [-0.4, -0.2) is 51.0 Å². The third-order valence-electron chi connectivity index (χ3n) is 12.5. The first kappa shape index (κ1) is 58.9. The van der Waals surface area contributed by atoms with Crippen molar-refractivity contribution in [1.29, 1.82) is 0 Å². The van der Waals surface area contributed by atoms with Gasteiger partial charge in [0.2, 0.25) is 0 Å². The summed E-state index contributed by atoms with van der Waals surface area (Å²) < 4.78 is 16.7. The first-order valence-corrected chi connectivity index (χ1v) is 27.2. The molecule has 0 spiro atoms. The summed E-state index contributed by atoms with van der Waals surface area (Å²) in [5.41, 5.74) is 0. The fourth-order valence-corrected chi connectivity index (χ4v) is 8.37. The Hall–Kier alpha value is -1.14. The van der Waals surface area contributed by atoms with Gasteiger partial charge in [-0.3, -0.25) is 9.59 Å². The molecule has 0 aromatic carbocycles. The number of hydrogen-bond donors (Lipinski definition) is 1. The van der Waals surface area contributed by atoms with Crippen LogP contribution in [0, 0.1) is 0 Å². The largest absolute Gasteiger partial charge is 0.464 e. The number of rotatable bonds is 52. The van der Waals surface area contributed by atoms with Crippen LogP contribution in [0.5, 0.6) is 0 Å². The van der Waals surface area contributed by atoms with Gasteiger partial charge in [-0.25, -0.2) is 0 Å². The lowest BCUT2D eigenvalue weighted by atomic mass is 10.0. The molecule has 1 unspecified atom stereocenters. The molecule has 0 aliphatic rings. The zero-order valence-electron chi connectivity index (χ0n) is 41.1.